The number of amides is 2. The Bertz CT molecular complexity index is 654. The van der Waals surface area contributed by atoms with Gasteiger partial charge in [0.25, 0.3) is 0 Å². The molecule has 2 rings (SSSR count). The summed E-state index contributed by atoms with van der Waals surface area (Å²) in [6, 6.07) is 7.94. The van der Waals surface area contributed by atoms with Crippen LogP contribution in [0, 0.1) is 0 Å². The van der Waals surface area contributed by atoms with Gasteiger partial charge in [0.2, 0.25) is 0 Å². The van der Waals surface area contributed by atoms with Crippen LogP contribution in [-0.4, -0.2) is 23.7 Å². The summed E-state index contributed by atoms with van der Waals surface area (Å²) in [4.78, 5) is 22.9. The number of ether oxygens (including phenoxy) is 1. The van der Waals surface area contributed by atoms with Gasteiger partial charge in [0.15, 0.2) is 0 Å². The number of aromatic carboxylic acids is 1. The molecule has 1 heterocycles. The highest BCUT2D eigenvalue weighted by atomic mass is 32.1. The predicted molar refractivity (Wildman–Crippen MR) is 81.5 cm³/mol. The molecule has 2 amide bonds. The van der Waals surface area contributed by atoms with Crippen LogP contribution < -0.4 is 15.4 Å². The van der Waals surface area contributed by atoms with Crippen molar-refractivity contribution < 1.29 is 19.4 Å². The van der Waals surface area contributed by atoms with E-state index in [1.165, 1.54) is 6.07 Å². The highest BCUT2D eigenvalue weighted by Gasteiger charge is 2.14. The Balaban J connectivity index is 2.08. The SMILES string of the molecule is CCOc1ccccc1NC(=O)Nc1sccc1C(=O)O. The lowest BCUT2D eigenvalue weighted by molar-refractivity contribution is 0.0698. The lowest BCUT2D eigenvalue weighted by atomic mass is 10.3. The van der Waals surface area contributed by atoms with E-state index in [-0.39, 0.29) is 10.6 Å². The van der Waals surface area contributed by atoms with Crippen LogP contribution >= 0.6 is 11.3 Å². The average molecular weight is 306 g/mol. The quantitative estimate of drug-likeness (QED) is 0.789. The standard InChI is InChI=1S/C14H14N2O4S/c1-2-20-11-6-4-3-5-10(11)15-14(19)16-12-9(13(17)18)7-8-21-12/h3-8H,2H2,1H3,(H,17,18)(H2,15,16,19). The molecule has 0 saturated heterocycles. The highest BCUT2D eigenvalue weighted by Crippen LogP contribution is 2.26. The maximum Gasteiger partial charge on any atom is 0.338 e. The number of thiophene rings is 1. The second-order valence-corrected chi connectivity index (χ2v) is 4.89. The Kier molecular flexibility index (Phi) is 4.78. The molecule has 0 spiro atoms. The molecule has 0 atom stereocenters. The number of carboxylic acid groups (broad SMARTS) is 1. The number of hydrogen-bond acceptors (Lipinski definition) is 4. The van der Waals surface area contributed by atoms with Crippen molar-refractivity contribution in [3.63, 3.8) is 0 Å². The van der Waals surface area contributed by atoms with Gasteiger partial charge in [0.1, 0.15) is 10.8 Å². The van der Waals surface area contributed by atoms with Crippen LogP contribution in [0.5, 0.6) is 5.75 Å². The number of urea groups is 1. The third kappa shape index (κ3) is 3.73. The van der Waals surface area contributed by atoms with Gasteiger partial charge in [-0.2, -0.15) is 0 Å². The van der Waals surface area contributed by atoms with Crippen molar-refractivity contribution in [1.29, 1.82) is 0 Å². The zero-order valence-electron chi connectivity index (χ0n) is 11.3. The maximum absolute atomic E-state index is 11.9. The molecular weight excluding hydrogens is 292 g/mol. The maximum atomic E-state index is 11.9. The first-order valence-corrected chi connectivity index (χ1v) is 7.10. The monoisotopic (exact) mass is 306 g/mol. The van der Waals surface area contributed by atoms with Crippen molar-refractivity contribution in [2.24, 2.45) is 0 Å². The second-order valence-electron chi connectivity index (χ2n) is 3.98. The average Bonchev–Trinajstić information content (AvgIpc) is 2.89. The molecule has 0 bridgehead atoms. The fourth-order valence-electron chi connectivity index (χ4n) is 1.68. The van der Waals surface area contributed by atoms with E-state index in [0.717, 1.165) is 11.3 Å². The van der Waals surface area contributed by atoms with Gasteiger partial charge < -0.3 is 15.2 Å². The third-order valence-electron chi connectivity index (χ3n) is 2.56. The van der Waals surface area contributed by atoms with Crippen LogP contribution in [0.4, 0.5) is 15.5 Å². The zero-order valence-corrected chi connectivity index (χ0v) is 12.1. The van der Waals surface area contributed by atoms with Crippen molar-refractivity contribution in [1.82, 2.24) is 0 Å². The first-order valence-electron chi connectivity index (χ1n) is 6.22. The molecule has 0 aliphatic carbocycles. The molecule has 0 radical (unpaired) electrons. The van der Waals surface area contributed by atoms with Gasteiger partial charge in [-0.15, -0.1) is 11.3 Å². The number of nitrogens with one attached hydrogen (secondary N) is 2. The molecule has 110 valence electrons. The van der Waals surface area contributed by atoms with E-state index in [2.05, 4.69) is 10.6 Å². The Labute approximate surface area is 125 Å². The van der Waals surface area contributed by atoms with Crippen LogP contribution in [-0.2, 0) is 0 Å². The Morgan fingerprint density at radius 3 is 2.71 bits per heavy atom. The topological polar surface area (TPSA) is 87.7 Å². The molecular formula is C14H14N2O4S. The smallest absolute Gasteiger partial charge is 0.338 e. The van der Waals surface area contributed by atoms with Gasteiger partial charge in [-0.1, -0.05) is 12.1 Å². The van der Waals surface area contributed by atoms with Crippen molar-refractivity contribution in [2.45, 2.75) is 6.92 Å². The molecule has 0 saturated carbocycles. The summed E-state index contributed by atoms with van der Waals surface area (Å²) < 4.78 is 5.40. The van der Waals surface area contributed by atoms with Gasteiger partial charge in [0.05, 0.1) is 17.9 Å². The summed E-state index contributed by atoms with van der Waals surface area (Å²) in [6.45, 7) is 2.33. The molecule has 2 aromatic rings. The first kappa shape index (κ1) is 14.9. The molecule has 7 heteroatoms. The molecule has 1 aromatic heterocycles. The van der Waals surface area contributed by atoms with Gasteiger partial charge in [-0.3, -0.25) is 5.32 Å². The van der Waals surface area contributed by atoms with E-state index in [0.29, 0.717) is 18.0 Å². The van der Waals surface area contributed by atoms with E-state index in [4.69, 9.17) is 9.84 Å². The molecule has 0 aliphatic heterocycles. The van der Waals surface area contributed by atoms with E-state index in [1.807, 2.05) is 6.92 Å². The van der Waals surface area contributed by atoms with Crippen molar-refractivity contribution in [3.8, 4) is 5.75 Å². The molecule has 1 aromatic carbocycles. The fourth-order valence-corrected chi connectivity index (χ4v) is 2.46. The van der Waals surface area contributed by atoms with Gasteiger partial charge >= 0.3 is 12.0 Å². The number of rotatable bonds is 5. The minimum Gasteiger partial charge on any atom is -0.492 e. The minimum atomic E-state index is -1.08. The highest BCUT2D eigenvalue weighted by molar-refractivity contribution is 7.14. The summed E-state index contributed by atoms with van der Waals surface area (Å²) in [7, 11) is 0. The molecule has 3 N–H and O–H groups in total. The second kappa shape index (κ2) is 6.76. The molecule has 0 aliphatic rings. The first-order chi connectivity index (χ1) is 10.1. The van der Waals surface area contributed by atoms with Crippen LogP contribution in [0.25, 0.3) is 0 Å². The summed E-state index contributed by atoms with van der Waals surface area (Å²) in [5.74, 6) is -0.527. The predicted octanol–water partition coefficient (Wildman–Crippen LogP) is 3.49. The lowest BCUT2D eigenvalue weighted by Crippen LogP contribution is -2.20. The summed E-state index contributed by atoms with van der Waals surface area (Å²) in [6.07, 6.45) is 0. The fraction of sp³-hybridized carbons (Fsp3) is 0.143. The summed E-state index contributed by atoms with van der Waals surface area (Å²) in [5.41, 5.74) is 0.582. The number of anilines is 2. The van der Waals surface area contributed by atoms with Crippen LogP contribution in [0.15, 0.2) is 35.7 Å². The van der Waals surface area contributed by atoms with Crippen LogP contribution in [0.2, 0.25) is 0 Å². The van der Waals surface area contributed by atoms with Crippen LogP contribution in [0.3, 0.4) is 0 Å². The van der Waals surface area contributed by atoms with Gasteiger partial charge in [-0.05, 0) is 30.5 Å². The van der Waals surface area contributed by atoms with Crippen molar-refractivity contribution in [2.75, 3.05) is 17.2 Å². The normalized spacial score (nSPS) is 9.95. The van der Waals surface area contributed by atoms with E-state index >= 15 is 0 Å². The van der Waals surface area contributed by atoms with Crippen molar-refractivity contribution in [3.05, 3.63) is 41.3 Å². The minimum absolute atomic E-state index is 0.0632. The van der Waals surface area contributed by atoms with Gasteiger partial charge in [0, 0.05) is 0 Å². The van der Waals surface area contributed by atoms with E-state index < -0.39 is 12.0 Å². The number of benzene rings is 1. The number of para-hydroxylation sites is 2. The Morgan fingerprint density at radius 2 is 2.00 bits per heavy atom. The summed E-state index contributed by atoms with van der Waals surface area (Å²) >= 11 is 1.15. The van der Waals surface area contributed by atoms with E-state index in [1.54, 1.807) is 29.6 Å². The third-order valence-corrected chi connectivity index (χ3v) is 3.39. The van der Waals surface area contributed by atoms with E-state index in [9.17, 15) is 9.59 Å². The Morgan fingerprint density at radius 1 is 1.24 bits per heavy atom. The number of carbonyl (C=O) groups is 2. The van der Waals surface area contributed by atoms with Crippen LogP contribution in [0.1, 0.15) is 17.3 Å². The van der Waals surface area contributed by atoms with Gasteiger partial charge in [-0.25, -0.2) is 9.59 Å². The molecule has 21 heavy (non-hydrogen) atoms. The lowest BCUT2D eigenvalue weighted by Gasteiger charge is -2.11. The number of carboxylic acids is 1. The molecule has 0 fully saturated rings. The largest absolute Gasteiger partial charge is 0.492 e. The molecule has 0 unspecified atom stereocenters. The molecule has 6 nitrogen and oxygen atoms in total. The Hall–Kier alpha value is -2.54. The summed E-state index contributed by atoms with van der Waals surface area (Å²) in [5, 5.41) is 16.0. The number of hydrogen-bond donors (Lipinski definition) is 3. The number of carbonyl (C=O) groups excluding carboxylic acids is 1. The zero-order chi connectivity index (χ0) is 15.2. The van der Waals surface area contributed by atoms with Crippen molar-refractivity contribution >= 4 is 34.0 Å².